The molecule has 0 aromatic heterocycles. The average Bonchev–Trinajstić information content (AvgIpc) is 2.21. The highest BCUT2D eigenvalue weighted by atomic mass is 16.5. The van der Waals surface area contributed by atoms with Gasteiger partial charge in [-0.25, -0.2) is 0 Å². The van der Waals surface area contributed by atoms with Crippen molar-refractivity contribution in [2.75, 3.05) is 40.3 Å². The van der Waals surface area contributed by atoms with Crippen LogP contribution in [-0.2, 0) is 4.74 Å². The lowest BCUT2D eigenvalue weighted by molar-refractivity contribution is -0.0137. The summed E-state index contributed by atoms with van der Waals surface area (Å²) in [5, 5.41) is 9.90. The Morgan fingerprint density at radius 2 is 1.71 bits per heavy atom. The Balaban J connectivity index is 4.01. The van der Waals surface area contributed by atoms with Crippen molar-refractivity contribution in [2.45, 2.75) is 45.9 Å². The van der Waals surface area contributed by atoms with E-state index in [1.807, 2.05) is 13.8 Å². The highest BCUT2D eigenvalue weighted by molar-refractivity contribution is 4.71. The van der Waals surface area contributed by atoms with Crippen LogP contribution in [0.15, 0.2) is 0 Å². The number of nitrogens with zero attached hydrogens (tertiary/aromatic N) is 2. The smallest absolute Gasteiger partial charge is 0.0900 e. The summed E-state index contributed by atoms with van der Waals surface area (Å²) in [6.07, 6.45) is -0.221. The molecule has 0 saturated carbocycles. The zero-order valence-corrected chi connectivity index (χ0v) is 12.3. The number of aliphatic hydroxyl groups excluding tert-OH is 1. The lowest BCUT2D eigenvalue weighted by Crippen LogP contribution is -2.44. The molecule has 1 N–H and O–H groups in total. The van der Waals surface area contributed by atoms with Gasteiger partial charge in [0.1, 0.15) is 0 Å². The Morgan fingerprint density at radius 1 is 1.12 bits per heavy atom. The first-order valence-electron chi connectivity index (χ1n) is 6.55. The lowest BCUT2D eigenvalue weighted by Gasteiger charge is -2.31. The van der Waals surface area contributed by atoms with Crippen molar-refractivity contribution < 1.29 is 9.84 Å². The Kier molecular flexibility index (Phi) is 8.78. The SMILES string of the molecule is CCN(CC(O)COC(C)C)C(C)CN(C)C. The lowest BCUT2D eigenvalue weighted by atomic mass is 10.2. The Morgan fingerprint density at radius 3 is 2.12 bits per heavy atom. The van der Waals surface area contributed by atoms with Gasteiger partial charge in [0.25, 0.3) is 0 Å². The van der Waals surface area contributed by atoms with Gasteiger partial charge in [-0.2, -0.15) is 0 Å². The van der Waals surface area contributed by atoms with E-state index in [1.54, 1.807) is 0 Å². The molecule has 0 aromatic carbocycles. The molecule has 0 fully saturated rings. The largest absolute Gasteiger partial charge is 0.389 e. The molecular weight excluding hydrogens is 216 g/mol. The second-order valence-electron chi connectivity index (χ2n) is 5.23. The van der Waals surface area contributed by atoms with Crippen molar-refractivity contribution in [1.29, 1.82) is 0 Å². The van der Waals surface area contributed by atoms with Crippen LogP contribution in [-0.4, -0.2) is 73.5 Å². The van der Waals surface area contributed by atoms with Crippen molar-refractivity contribution in [3.05, 3.63) is 0 Å². The third kappa shape index (κ3) is 8.55. The zero-order chi connectivity index (χ0) is 13.4. The van der Waals surface area contributed by atoms with E-state index in [4.69, 9.17) is 4.74 Å². The first-order valence-corrected chi connectivity index (χ1v) is 6.55. The third-order valence-electron chi connectivity index (χ3n) is 2.73. The van der Waals surface area contributed by atoms with Crippen LogP contribution < -0.4 is 0 Å². The van der Waals surface area contributed by atoms with E-state index in [-0.39, 0.29) is 6.10 Å². The number of hydrogen-bond acceptors (Lipinski definition) is 4. The predicted octanol–water partition coefficient (Wildman–Crippen LogP) is 1.04. The van der Waals surface area contributed by atoms with E-state index in [0.29, 0.717) is 19.2 Å². The minimum atomic E-state index is -0.401. The first-order chi connectivity index (χ1) is 7.86. The Hall–Kier alpha value is -0.160. The van der Waals surface area contributed by atoms with Crippen LogP contribution in [0.5, 0.6) is 0 Å². The molecule has 0 radical (unpaired) electrons. The van der Waals surface area contributed by atoms with E-state index < -0.39 is 6.10 Å². The highest BCUT2D eigenvalue weighted by Gasteiger charge is 2.17. The fraction of sp³-hybridized carbons (Fsp3) is 1.00. The van der Waals surface area contributed by atoms with Gasteiger partial charge in [0.2, 0.25) is 0 Å². The van der Waals surface area contributed by atoms with Gasteiger partial charge in [-0.05, 0) is 41.4 Å². The minimum Gasteiger partial charge on any atom is -0.389 e. The summed E-state index contributed by atoms with van der Waals surface area (Å²) in [4.78, 5) is 4.46. The third-order valence-corrected chi connectivity index (χ3v) is 2.73. The van der Waals surface area contributed by atoms with Crippen molar-refractivity contribution in [3.8, 4) is 0 Å². The molecule has 0 heterocycles. The summed E-state index contributed by atoms with van der Waals surface area (Å²) in [5.74, 6) is 0. The molecule has 2 unspecified atom stereocenters. The molecule has 0 saturated heterocycles. The average molecular weight is 246 g/mol. The Bertz CT molecular complexity index is 186. The number of aliphatic hydroxyl groups is 1. The molecule has 0 aliphatic rings. The van der Waals surface area contributed by atoms with Gasteiger partial charge >= 0.3 is 0 Å². The van der Waals surface area contributed by atoms with Gasteiger partial charge < -0.3 is 14.7 Å². The van der Waals surface area contributed by atoms with Gasteiger partial charge in [-0.1, -0.05) is 6.92 Å². The van der Waals surface area contributed by atoms with Gasteiger partial charge in [-0.15, -0.1) is 0 Å². The van der Waals surface area contributed by atoms with E-state index in [2.05, 4.69) is 37.7 Å². The summed E-state index contributed by atoms with van der Waals surface area (Å²) in [5.41, 5.74) is 0. The normalized spacial score (nSPS) is 15.9. The molecular formula is C13H30N2O2. The molecule has 104 valence electrons. The minimum absolute atomic E-state index is 0.180. The topological polar surface area (TPSA) is 35.9 Å². The molecule has 4 heteroatoms. The Labute approximate surface area is 107 Å². The molecule has 0 aliphatic heterocycles. The first kappa shape index (κ1) is 16.8. The second-order valence-corrected chi connectivity index (χ2v) is 5.23. The summed E-state index contributed by atoms with van der Waals surface area (Å²) in [6.45, 7) is 11.3. The fourth-order valence-electron chi connectivity index (χ4n) is 1.89. The van der Waals surface area contributed by atoms with Crippen LogP contribution in [0.4, 0.5) is 0 Å². The van der Waals surface area contributed by atoms with Crippen molar-refractivity contribution in [3.63, 3.8) is 0 Å². The van der Waals surface area contributed by atoms with Crippen LogP contribution in [0.25, 0.3) is 0 Å². The molecule has 0 aliphatic carbocycles. The zero-order valence-electron chi connectivity index (χ0n) is 12.3. The molecule has 0 bridgehead atoms. The molecule has 4 nitrogen and oxygen atoms in total. The maximum absolute atomic E-state index is 9.90. The number of ether oxygens (including phenoxy) is 1. The highest BCUT2D eigenvalue weighted by Crippen LogP contribution is 2.03. The van der Waals surface area contributed by atoms with Crippen LogP contribution >= 0.6 is 0 Å². The molecule has 2 atom stereocenters. The van der Waals surface area contributed by atoms with Crippen LogP contribution in [0.2, 0.25) is 0 Å². The monoisotopic (exact) mass is 246 g/mol. The number of hydrogen-bond donors (Lipinski definition) is 1. The van der Waals surface area contributed by atoms with Crippen molar-refractivity contribution in [1.82, 2.24) is 9.80 Å². The summed E-state index contributed by atoms with van der Waals surface area (Å²) in [7, 11) is 4.14. The fourth-order valence-corrected chi connectivity index (χ4v) is 1.89. The summed E-state index contributed by atoms with van der Waals surface area (Å²) >= 11 is 0. The van der Waals surface area contributed by atoms with Gasteiger partial charge in [0, 0.05) is 19.1 Å². The second kappa shape index (κ2) is 8.86. The van der Waals surface area contributed by atoms with E-state index in [0.717, 1.165) is 13.1 Å². The standard InChI is InChI=1S/C13H30N2O2/c1-7-15(12(4)8-14(5)6)9-13(16)10-17-11(2)3/h11-13,16H,7-10H2,1-6H3. The molecule has 17 heavy (non-hydrogen) atoms. The number of likely N-dealkylation sites (N-methyl/N-ethyl adjacent to an activating group) is 2. The molecule has 0 aromatic rings. The summed E-state index contributed by atoms with van der Waals surface area (Å²) in [6, 6.07) is 0.448. The van der Waals surface area contributed by atoms with Crippen LogP contribution in [0, 0.1) is 0 Å². The summed E-state index contributed by atoms with van der Waals surface area (Å²) < 4.78 is 5.42. The van der Waals surface area contributed by atoms with Crippen LogP contribution in [0.1, 0.15) is 27.7 Å². The number of rotatable bonds is 9. The maximum atomic E-state index is 9.90. The van der Waals surface area contributed by atoms with Gasteiger partial charge in [0.05, 0.1) is 18.8 Å². The maximum Gasteiger partial charge on any atom is 0.0900 e. The van der Waals surface area contributed by atoms with Gasteiger partial charge in [0.15, 0.2) is 0 Å². The molecule has 0 amide bonds. The van der Waals surface area contributed by atoms with Crippen molar-refractivity contribution >= 4 is 0 Å². The van der Waals surface area contributed by atoms with Crippen molar-refractivity contribution in [2.24, 2.45) is 0 Å². The van der Waals surface area contributed by atoms with E-state index >= 15 is 0 Å². The van der Waals surface area contributed by atoms with E-state index in [1.165, 1.54) is 0 Å². The van der Waals surface area contributed by atoms with Crippen LogP contribution in [0.3, 0.4) is 0 Å². The quantitative estimate of drug-likeness (QED) is 0.659. The predicted molar refractivity (Wildman–Crippen MR) is 72.4 cm³/mol. The van der Waals surface area contributed by atoms with Gasteiger partial charge in [-0.3, -0.25) is 4.90 Å². The molecule has 0 rings (SSSR count). The van der Waals surface area contributed by atoms with E-state index in [9.17, 15) is 5.11 Å². The molecule has 0 spiro atoms.